The predicted molar refractivity (Wildman–Crippen MR) is 132 cm³/mol. The summed E-state index contributed by atoms with van der Waals surface area (Å²) in [6.45, 7) is 6.41. The quantitative estimate of drug-likeness (QED) is 0.450. The number of thiophene rings is 1. The van der Waals surface area contributed by atoms with E-state index in [1.807, 2.05) is 39.0 Å². The smallest absolute Gasteiger partial charge is 0.332 e. The second kappa shape index (κ2) is 9.46. The van der Waals surface area contributed by atoms with Crippen LogP contribution in [0.25, 0.3) is 10.2 Å². The molecule has 170 valence electrons. The number of amides is 1. The molecule has 2 aromatic carbocycles. The maximum Gasteiger partial charge on any atom is 0.332 e. The topological polar surface area (TPSA) is 82.3 Å². The molecule has 8 heteroatoms. The molecule has 0 unspecified atom stereocenters. The Bertz CT molecular complexity index is 1430. The SMILES string of the molecule is CCOc1ccc(NC(=O)Cn2c(=O)n(Cc3ccc(C)c(C)c3)c(=O)c3sccc32)cc1. The van der Waals surface area contributed by atoms with Crippen LogP contribution in [0.15, 0.2) is 63.5 Å². The minimum atomic E-state index is -0.508. The van der Waals surface area contributed by atoms with Crippen LogP contribution in [-0.2, 0) is 17.9 Å². The fourth-order valence-corrected chi connectivity index (χ4v) is 4.50. The summed E-state index contributed by atoms with van der Waals surface area (Å²) in [6, 6.07) is 14.6. The number of aromatic nitrogens is 2. The third-order valence-electron chi connectivity index (χ3n) is 5.50. The molecule has 0 atom stereocenters. The summed E-state index contributed by atoms with van der Waals surface area (Å²) in [6.07, 6.45) is 0. The van der Waals surface area contributed by atoms with Crippen LogP contribution in [0.4, 0.5) is 5.69 Å². The number of fused-ring (bicyclic) bond motifs is 1. The molecule has 0 aliphatic carbocycles. The monoisotopic (exact) mass is 463 g/mol. The van der Waals surface area contributed by atoms with Crippen molar-refractivity contribution < 1.29 is 9.53 Å². The summed E-state index contributed by atoms with van der Waals surface area (Å²) in [7, 11) is 0. The molecule has 0 saturated carbocycles. The summed E-state index contributed by atoms with van der Waals surface area (Å²) in [4.78, 5) is 39.1. The number of hydrogen-bond donors (Lipinski definition) is 1. The van der Waals surface area contributed by atoms with Crippen molar-refractivity contribution in [3.05, 3.63) is 91.4 Å². The predicted octanol–water partition coefficient (Wildman–Crippen LogP) is 3.93. The van der Waals surface area contributed by atoms with Gasteiger partial charge in [0.1, 0.15) is 17.0 Å². The number of hydrogen-bond acceptors (Lipinski definition) is 5. The molecule has 0 radical (unpaired) electrons. The van der Waals surface area contributed by atoms with Crippen molar-refractivity contribution in [1.29, 1.82) is 0 Å². The van der Waals surface area contributed by atoms with Gasteiger partial charge in [0.2, 0.25) is 5.91 Å². The van der Waals surface area contributed by atoms with Gasteiger partial charge < -0.3 is 10.1 Å². The number of nitrogens with zero attached hydrogens (tertiary/aromatic N) is 2. The van der Waals surface area contributed by atoms with Crippen LogP contribution in [-0.4, -0.2) is 21.6 Å². The molecular weight excluding hydrogens is 438 g/mol. The molecule has 7 nitrogen and oxygen atoms in total. The van der Waals surface area contributed by atoms with E-state index in [0.29, 0.717) is 28.3 Å². The zero-order valence-corrected chi connectivity index (χ0v) is 19.6. The van der Waals surface area contributed by atoms with Gasteiger partial charge in [-0.15, -0.1) is 11.3 Å². The van der Waals surface area contributed by atoms with Crippen LogP contribution >= 0.6 is 11.3 Å². The molecule has 0 saturated heterocycles. The lowest BCUT2D eigenvalue weighted by Gasteiger charge is -2.13. The molecule has 0 spiro atoms. The Morgan fingerprint density at radius 2 is 1.76 bits per heavy atom. The van der Waals surface area contributed by atoms with Gasteiger partial charge in [0, 0.05) is 5.69 Å². The molecule has 0 fully saturated rings. The first-order valence-electron chi connectivity index (χ1n) is 10.7. The largest absolute Gasteiger partial charge is 0.494 e. The fourth-order valence-electron chi connectivity index (χ4n) is 3.66. The van der Waals surface area contributed by atoms with Crippen LogP contribution in [0.2, 0.25) is 0 Å². The normalized spacial score (nSPS) is 11.0. The van der Waals surface area contributed by atoms with Gasteiger partial charge in [-0.05, 0) is 73.2 Å². The van der Waals surface area contributed by atoms with Crippen LogP contribution < -0.4 is 21.3 Å². The number of nitrogens with one attached hydrogen (secondary N) is 1. The van der Waals surface area contributed by atoms with Gasteiger partial charge in [-0.2, -0.15) is 0 Å². The van der Waals surface area contributed by atoms with Gasteiger partial charge in [0.05, 0.1) is 18.7 Å². The Morgan fingerprint density at radius 3 is 2.45 bits per heavy atom. The van der Waals surface area contributed by atoms with E-state index in [-0.39, 0.29) is 24.6 Å². The van der Waals surface area contributed by atoms with E-state index in [0.717, 1.165) is 16.7 Å². The molecule has 1 amide bonds. The molecule has 4 aromatic rings. The maximum atomic E-state index is 13.3. The number of anilines is 1. The Labute approximate surface area is 194 Å². The number of rotatable bonds is 7. The first-order chi connectivity index (χ1) is 15.9. The highest BCUT2D eigenvalue weighted by Crippen LogP contribution is 2.18. The van der Waals surface area contributed by atoms with E-state index in [1.54, 1.807) is 35.7 Å². The molecule has 0 bridgehead atoms. The summed E-state index contributed by atoms with van der Waals surface area (Å²) in [5.41, 5.74) is 3.31. The molecular formula is C25H25N3O4S. The minimum Gasteiger partial charge on any atom is -0.494 e. The Morgan fingerprint density at radius 1 is 1.00 bits per heavy atom. The number of aryl methyl sites for hydroxylation is 2. The third kappa shape index (κ3) is 4.75. The Hall–Kier alpha value is -3.65. The molecule has 2 aromatic heterocycles. The first-order valence-corrected chi connectivity index (χ1v) is 11.5. The van der Waals surface area contributed by atoms with Crippen LogP contribution in [0, 0.1) is 13.8 Å². The molecule has 4 rings (SSSR count). The van der Waals surface area contributed by atoms with Crippen LogP contribution in [0.5, 0.6) is 5.75 Å². The summed E-state index contributed by atoms with van der Waals surface area (Å²) in [5.74, 6) is 0.357. The van der Waals surface area contributed by atoms with Crippen LogP contribution in [0.1, 0.15) is 23.6 Å². The van der Waals surface area contributed by atoms with Crippen LogP contribution in [0.3, 0.4) is 0 Å². The van der Waals surface area contributed by atoms with Gasteiger partial charge in [-0.3, -0.25) is 18.7 Å². The van der Waals surface area contributed by atoms with E-state index in [2.05, 4.69) is 5.32 Å². The highest BCUT2D eigenvalue weighted by atomic mass is 32.1. The van der Waals surface area contributed by atoms with Crippen molar-refractivity contribution in [2.24, 2.45) is 0 Å². The molecule has 0 aliphatic heterocycles. The average Bonchev–Trinajstić information content (AvgIpc) is 3.28. The number of carbonyl (C=O) groups is 1. The second-order valence-electron chi connectivity index (χ2n) is 7.82. The lowest BCUT2D eigenvalue weighted by atomic mass is 10.1. The summed E-state index contributed by atoms with van der Waals surface area (Å²) in [5, 5.41) is 4.56. The third-order valence-corrected chi connectivity index (χ3v) is 6.39. The van der Waals surface area contributed by atoms with Gasteiger partial charge in [0.25, 0.3) is 5.56 Å². The fraction of sp³-hybridized carbons (Fsp3) is 0.240. The Kier molecular flexibility index (Phi) is 6.46. The van der Waals surface area contributed by atoms with Crippen molar-refractivity contribution in [3.63, 3.8) is 0 Å². The van der Waals surface area contributed by atoms with Crippen molar-refractivity contribution in [2.75, 3.05) is 11.9 Å². The lowest BCUT2D eigenvalue weighted by Crippen LogP contribution is -2.41. The van der Waals surface area contributed by atoms with Gasteiger partial charge in [-0.1, -0.05) is 18.2 Å². The van der Waals surface area contributed by atoms with E-state index in [4.69, 9.17) is 4.74 Å². The summed E-state index contributed by atoms with van der Waals surface area (Å²) >= 11 is 1.27. The second-order valence-corrected chi connectivity index (χ2v) is 8.74. The van der Waals surface area contributed by atoms with E-state index in [1.165, 1.54) is 20.5 Å². The van der Waals surface area contributed by atoms with E-state index in [9.17, 15) is 14.4 Å². The number of benzene rings is 2. The average molecular weight is 464 g/mol. The Balaban J connectivity index is 1.65. The van der Waals surface area contributed by atoms with Crippen molar-refractivity contribution in [2.45, 2.75) is 33.9 Å². The zero-order valence-electron chi connectivity index (χ0n) is 18.8. The summed E-state index contributed by atoms with van der Waals surface area (Å²) < 4.78 is 8.43. The minimum absolute atomic E-state index is 0.146. The molecule has 0 aliphatic rings. The number of carbonyl (C=O) groups excluding carboxylic acids is 1. The molecule has 33 heavy (non-hydrogen) atoms. The lowest BCUT2D eigenvalue weighted by molar-refractivity contribution is -0.116. The standard InChI is InChI=1S/C25H25N3O4S/c1-4-32-20-9-7-19(8-10-20)26-22(29)15-27-21-11-12-33-23(21)24(30)28(25(27)31)14-18-6-5-16(2)17(3)13-18/h5-13H,4,14-15H2,1-3H3,(H,26,29). The van der Waals surface area contributed by atoms with E-state index >= 15 is 0 Å². The molecule has 1 N–H and O–H groups in total. The van der Waals surface area contributed by atoms with Gasteiger partial charge >= 0.3 is 5.69 Å². The zero-order chi connectivity index (χ0) is 23.5. The van der Waals surface area contributed by atoms with Crippen molar-refractivity contribution >= 4 is 33.1 Å². The maximum absolute atomic E-state index is 13.3. The van der Waals surface area contributed by atoms with Crippen molar-refractivity contribution in [3.8, 4) is 5.75 Å². The number of ether oxygens (including phenoxy) is 1. The van der Waals surface area contributed by atoms with Gasteiger partial charge in [0.15, 0.2) is 0 Å². The van der Waals surface area contributed by atoms with E-state index < -0.39 is 5.69 Å². The highest BCUT2D eigenvalue weighted by Gasteiger charge is 2.17. The van der Waals surface area contributed by atoms with Crippen molar-refractivity contribution in [1.82, 2.24) is 9.13 Å². The first kappa shape index (κ1) is 22.5. The molecule has 2 heterocycles. The van der Waals surface area contributed by atoms with Gasteiger partial charge in [-0.25, -0.2) is 4.79 Å². The highest BCUT2D eigenvalue weighted by molar-refractivity contribution is 7.17.